The first-order valence-electron chi connectivity index (χ1n) is 8.03. The van der Waals surface area contributed by atoms with Gasteiger partial charge in [0.05, 0.1) is 6.42 Å². The number of aromatic hydroxyl groups is 1. The third kappa shape index (κ3) is 3.68. The van der Waals surface area contributed by atoms with Crippen LogP contribution in [0.3, 0.4) is 0 Å². The van der Waals surface area contributed by atoms with Gasteiger partial charge in [-0.2, -0.15) is 0 Å². The van der Waals surface area contributed by atoms with Crippen molar-refractivity contribution in [3.63, 3.8) is 0 Å². The van der Waals surface area contributed by atoms with Gasteiger partial charge in [0.2, 0.25) is 5.91 Å². The largest absolute Gasteiger partial charge is 0.508 e. The van der Waals surface area contributed by atoms with E-state index in [1.807, 2.05) is 48.9 Å². The number of carbonyl (C=O) groups excluding carboxylic acids is 1. The van der Waals surface area contributed by atoms with Gasteiger partial charge in [-0.15, -0.1) is 10.2 Å². The summed E-state index contributed by atoms with van der Waals surface area (Å²) in [6.45, 7) is 1.86. The molecule has 0 unspecified atom stereocenters. The topological polar surface area (TPSA) is 80.0 Å². The number of rotatable bonds is 5. The number of nitrogens with one attached hydrogen (secondary N) is 1. The Morgan fingerprint density at radius 1 is 1.12 bits per heavy atom. The van der Waals surface area contributed by atoms with Crippen LogP contribution < -0.4 is 5.32 Å². The van der Waals surface area contributed by atoms with Gasteiger partial charge in [-0.1, -0.05) is 48.5 Å². The van der Waals surface area contributed by atoms with E-state index in [1.165, 1.54) is 0 Å². The highest BCUT2D eigenvalue weighted by molar-refractivity contribution is 5.80. The minimum Gasteiger partial charge on any atom is -0.508 e. The number of aryl methyl sites for hydroxylation is 1. The Kier molecular flexibility index (Phi) is 4.79. The molecule has 25 heavy (non-hydrogen) atoms. The Morgan fingerprint density at radius 2 is 1.80 bits per heavy atom. The number of nitrogens with zero attached hydrogens (tertiary/aromatic N) is 3. The second-order valence-corrected chi connectivity index (χ2v) is 5.88. The van der Waals surface area contributed by atoms with Crippen molar-refractivity contribution in [2.75, 3.05) is 0 Å². The van der Waals surface area contributed by atoms with Crippen LogP contribution >= 0.6 is 0 Å². The highest BCUT2D eigenvalue weighted by Crippen LogP contribution is 2.22. The number of benzene rings is 2. The zero-order valence-corrected chi connectivity index (χ0v) is 14.2. The zero-order chi connectivity index (χ0) is 17.8. The minimum atomic E-state index is -0.411. The van der Waals surface area contributed by atoms with Crippen molar-refractivity contribution in [2.24, 2.45) is 7.05 Å². The molecule has 2 aromatic carbocycles. The van der Waals surface area contributed by atoms with Crippen LogP contribution in [0.15, 0.2) is 54.6 Å². The quantitative estimate of drug-likeness (QED) is 0.749. The van der Waals surface area contributed by atoms with E-state index in [2.05, 4.69) is 15.5 Å². The molecule has 0 aliphatic rings. The average Bonchev–Trinajstić information content (AvgIpc) is 2.95. The zero-order valence-electron chi connectivity index (χ0n) is 14.2. The molecular weight excluding hydrogens is 316 g/mol. The van der Waals surface area contributed by atoms with Crippen LogP contribution in [0.4, 0.5) is 0 Å². The smallest absolute Gasteiger partial charge is 0.225 e. The third-order valence-corrected chi connectivity index (χ3v) is 4.17. The number of para-hydroxylation sites is 1. The maximum absolute atomic E-state index is 12.6. The van der Waals surface area contributed by atoms with Gasteiger partial charge in [0, 0.05) is 12.6 Å². The first kappa shape index (κ1) is 16.7. The Hall–Kier alpha value is -3.15. The molecular formula is C19H20N4O2. The average molecular weight is 336 g/mol. The molecule has 0 bridgehead atoms. The predicted molar refractivity (Wildman–Crippen MR) is 94.0 cm³/mol. The second-order valence-electron chi connectivity index (χ2n) is 5.88. The van der Waals surface area contributed by atoms with Crippen LogP contribution in [0, 0.1) is 6.92 Å². The predicted octanol–water partition coefficient (Wildman–Crippen LogP) is 2.28. The van der Waals surface area contributed by atoms with Crippen LogP contribution in [0.25, 0.3) is 0 Å². The van der Waals surface area contributed by atoms with Gasteiger partial charge < -0.3 is 15.0 Å². The van der Waals surface area contributed by atoms with Crippen LogP contribution in [-0.2, 0) is 18.3 Å². The van der Waals surface area contributed by atoms with Crippen LogP contribution in [0.2, 0.25) is 0 Å². The molecule has 1 heterocycles. The van der Waals surface area contributed by atoms with E-state index in [0.717, 1.165) is 11.4 Å². The Morgan fingerprint density at radius 3 is 2.44 bits per heavy atom. The normalized spacial score (nSPS) is 11.9. The molecule has 2 N–H and O–H groups in total. The number of phenols is 1. The van der Waals surface area contributed by atoms with Crippen molar-refractivity contribution in [1.29, 1.82) is 0 Å². The molecule has 0 aliphatic heterocycles. The minimum absolute atomic E-state index is 0.0901. The SMILES string of the molecule is Cc1nnc([C@H](NC(=O)Cc2ccccc2O)c2ccccc2)n1C. The molecule has 0 fully saturated rings. The summed E-state index contributed by atoms with van der Waals surface area (Å²) in [5, 5.41) is 21.2. The van der Waals surface area contributed by atoms with Crippen molar-refractivity contribution < 1.29 is 9.90 Å². The van der Waals surface area contributed by atoms with Crippen LogP contribution in [0.5, 0.6) is 5.75 Å². The summed E-state index contributed by atoms with van der Waals surface area (Å²) in [6, 6.07) is 16.1. The summed E-state index contributed by atoms with van der Waals surface area (Å²) in [5.41, 5.74) is 1.50. The lowest BCUT2D eigenvalue weighted by Gasteiger charge is -2.19. The van der Waals surface area contributed by atoms with E-state index in [9.17, 15) is 9.90 Å². The van der Waals surface area contributed by atoms with Crippen molar-refractivity contribution in [1.82, 2.24) is 20.1 Å². The second kappa shape index (κ2) is 7.17. The lowest BCUT2D eigenvalue weighted by Crippen LogP contribution is -2.32. The summed E-state index contributed by atoms with van der Waals surface area (Å²) >= 11 is 0. The summed E-state index contributed by atoms with van der Waals surface area (Å²) in [7, 11) is 1.87. The molecule has 0 radical (unpaired) electrons. The van der Waals surface area contributed by atoms with Gasteiger partial charge in [-0.3, -0.25) is 4.79 Å². The van der Waals surface area contributed by atoms with Crippen molar-refractivity contribution in [2.45, 2.75) is 19.4 Å². The fraction of sp³-hybridized carbons (Fsp3) is 0.211. The lowest BCUT2D eigenvalue weighted by molar-refractivity contribution is -0.121. The molecule has 6 heteroatoms. The fourth-order valence-electron chi connectivity index (χ4n) is 2.66. The first-order valence-corrected chi connectivity index (χ1v) is 8.03. The molecule has 1 atom stereocenters. The monoisotopic (exact) mass is 336 g/mol. The molecule has 6 nitrogen and oxygen atoms in total. The van der Waals surface area contributed by atoms with Gasteiger partial charge in [-0.25, -0.2) is 0 Å². The number of hydrogen-bond acceptors (Lipinski definition) is 4. The third-order valence-electron chi connectivity index (χ3n) is 4.17. The molecule has 0 spiro atoms. The van der Waals surface area contributed by atoms with E-state index in [4.69, 9.17) is 0 Å². The number of hydrogen-bond donors (Lipinski definition) is 2. The highest BCUT2D eigenvalue weighted by Gasteiger charge is 2.22. The maximum atomic E-state index is 12.6. The van der Waals surface area contributed by atoms with Crippen molar-refractivity contribution in [3.05, 3.63) is 77.4 Å². The van der Waals surface area contributed by atoms with Gasteiger partial charge in [-0.05, 0) is 18.6 Å². The van der Waals surface area contributed by atoms with Gasteiger partial charge in [0.25, 0.3) is 0 Å². The molecule has 0 saturated carbocycles. The summed E-state index contributed by atoms with van der Waals surface area (Å²) in [4.78, 5) is 12.6. The van der Waals surface area contributed by atoms with Crippen molar-refractivity contribution >= 4 is 5.91 Å². The molecule has 3 aromatic rings. The van der Waals surface area contributed by atoms with E-state index in [-0.39, 0.29) is 18.1 Å². The highest BCUT2D eigenvalue weighted by atomic mass is 16.3. The van der Waals surface area contributed by atoms with E-state index in [1.54, 1.807) is 24.3 Å². The number of aromatic nitrogens is 3. The molecule has 3 rings (SSSR count). The summed E-state index contributed by atoms with van der Waals surface area (Å²) in [6.07, 6.45) is 0.0901. The lowest BCUT2D eigenvalue weighted by atomic mass is 10.0. The van der Waals surface area contributed by atoms with Crippen molar-refractivity contribution in [3.8, 4) is 5.75 Å². The van der Waals surface area contributed by atoms with E-state index >= 15 is 0 Å². The molecule has 1 amide bonds. The standard InChI is InChI=1S/C19H20N4O2/c1-13-21-22-19(23(13)2)18(14-8-4-3-5-9-14)20-17(25)12-15-10-6-7-11-16(15)24/h3-11,18,24H,12H2,1-2H3,(H,20,25)/t18-/m1/s1. The summed E-state index contributed by atoms with van der Waals surface area (Å²) < 4.78 is 1.86. The molecule has 0 saturated heterocycles. The number of phenolic OH excluding ortho intramolecular Hbond substituents is 1. The van der Waals surface area contributed by atoms with Crippen LogP contribution in [0.1, 0.15) is 28.8 Å². The van der Waals surface area contributed by atoms with Crippen LogP contribution in [-0.4, -0.2) is 25.8 Å². The molecule has 128 valence electrons. The Labute approximate surface area is 146 Å². The maximum Gasteiger partial charge on any atom is 0.225 e. The Bertz CT molecular complexity index is 874. The first-order chi connectivity index (χ1) is 12.1. The van der Waals surface area contributed by atoms with Gasteiger partial charge >= 0.3 is 0 Å². The number of amides is 1. The van der Waals surface area contributed by atoms with E-state index in [0.29, 0.717) is 11.4 Å². The fourth-order valence-corrected chi connectivity index (χ4v) is 2.66. The summed E-state index contributed by atoms with van der Waals surface area (Å²) in [5.74, 6) is 1.35. The Balaban J connectivity index is 1.87. The molecule has 1 aromatic heterocycles. The van der Waals surface area contributed by atoms with Gasteiger partial charge in [0.15, 0.2) is 5.82 Å². The van der Waals surface area contributed by atoms with Gasteiger partial charge in [0.1, 0.15) is 17.6 Å². The number of carbonyl (C=O) groups is 1. The van der Waals surface area contributed by atoms with E-state index < -0.39 is 6.04 Å². The molecule has 0 aliphatic carbocycles.